The van der Waals surface area contributed by atoms with Gasteiger partial charge >= 0.3 is 18.1 Å². The molecule has 2 aromatic rings. The number of halogens is 3. The van der Waals surface area contributed by atoms with E-state index in [9.17, 15) is 28.0 Å². The van der Waals surface area contributed by atoms with E-state index in [0.29, 0.717) is 5.56 Å². The van der Waals surface area contributed by atoms with Gasteiger partial charge in [0.05, 0.1) is 54.7 Å². The van der Waals surface area contributed by atoms with Crippen LogP contribution < -0.4 is 15.4 Å². The molecule has 0 fully saturated rings. The number of carbonyl (C=O) groups is 2. The lowest BCUT2D eigenvalue weighted by atomic mass is 9.81. The van der Waals surface area contributed by atoms with Crippen molar-refractivity contribution >= 4 is 17.6 Å². The normalized spacial score (nSPS) is 16.0. The second kappa shape index (κ2) is 10.7. The fraction of sp³-hybridized carbons (Fsp3) is 0.269. The molecule has 1 heterocycles. The number of esters is 2. The monoisotopic (exact) mass is 515 g/mol. The topological polar surface area (TPSA) is 115 Å². The van der Waals surface area contributed by atoms with E-state index >= 15 is 0 Å². The van der Waals surface area contributed by atoms with Gasteiger partial charge in [0.15, 0.2) is 0 Å². The molecular formula is C26H24F3N3O5. The predicted molar refractivity (Wildman–Crippen MR) is 127 cm³/mol. The molecule has 0 aliphatic carbocycles. The number of allylic oxidation sites excluding steroid dienone is 1. The summed E-state index contributed by atoms with van der Waals surface area (Å²) in [4.78, 5) is 27.2. The first-order valence-electron chi connectivity index (χ1n) is 11.0. The number of ether oxygens (including phenoxy) is 3. The second-order valence-corrected chi connectivity index (χ2v) is 8.18. The van der Waals surface area contributed by atoms with Crippen LogP contribution in [0.25, 0.3) is 0 Å². The van der Waals surface area contributed by atoms with Gasteiger partial charge in [0, 0.05) is 0 Å². The number of nitrogens with two attached hydrogens (primary N) is 1. The van der Waals surface area contributed by atoms with Crippen LogP contribution in [0.5, 0.6) is 5.75 Å². The van der Waals surface area contributed by atoms with Crippen LogP contribution in [-0.2, 0) is 25.2 Å². The van der Waals surface area contributed by atoms with E-state index in [1.165, 1.54) is 0 Å². The van der Waals surface area contributed by atoms with Gasteiger partial charge in [-0.1, -0.05) is 30.3 Å². The Morgan fingerprint density at radius 2 is 1.68 bits per heavy atom. The molecule has 8 nitrogen and oxygen atoms in total. The van der Waals surface area contributed by atoms with Crippen molar-refractivity contribution in [1.82, 2.24) is 0 Å². The van der Waals surface area contributed by atoms with Gasteiger partial charge in [-0.05, 0) is 37.6 Å². The maximum absolute atomic E-state index is 13.7. The van der Waals surface area contributed by atoms with Crippen LogP contribution in [0.2, 0.25) is 0 Å². The Balaban J connectivity index is 2.49. The third-order valence-electron chi connectivity index (χ3n) is 5.50. The lowest BCUT2D eigenvalue weighted by molar-refractivity contribution is -0.139. The molecule has 1 atom stereocenters. The first-order chi connectivity index (χ1) is 17.5. The summed E-state index contributed by atoms with van der Waals surface area (Å²) in [7, 11) is 2.11. The molecule has 11 heteroatoms. The number of anilines is 1. The standard InChI is InChI=1S/C26H24F3N3O5/c1-14(2)37-19-11-10-16(26(27,28)29)12-18(19)32-22(25(34)36-4)21(24(33)35-3)20(17(13-30)23(32)31)15-8-6-5-7-9-15/h5-12,14,20H,31H2,1-4H3. The molecule has 0 radical (unpaired) electrons. The van der Waals surface area contributed by atoms with Crippen LogP contribution in [-0.4, -0.2) is 32.3 Å². The molecule has 3 rings (SSSR count). The van der Waals surface area contributed by atoms with Gasteiger partial charge in [0.25, 0.3) is 0 Å². The number of benzene rings is 2. The highest BCUT2D eigenvalue weighted by Gasteiger charge is 2.44. The number of hydrogen-bond acceptors (Lipinski definition) is 8. The van der Waals surface area contributed by atoms with Crippen LogP contribution in [0.4, 0.5) is 18.9 Å². The summed E-state index contributed by atoms with van der Waals surface area (Å²) in [6, 6.07) is 12.8. The van der Waals surface area contributed by atoms with E-state index in [0.717, 1.165) is 37.3 Å². The number of carbonyl (C=O) groups excluding carboxylic acids is 2. The van der Waals surface area contributed by atoms with Crippen molar-refractivity contribution in [3.05, 3.63) is 82.3 Å². The van der Waals surface area contributed by atoms with Crippen LogP contribution in [0.1, 0.15) is 30.9 Å². The molecule has 1 aliphatic rings. The Hall–Kier alpha value is -4.46. The fourth-order valence-electron chi connectivity index (χ4n) is 3.99. The molecule has 0 saturated carbocycles. The third kappa shape index (κ3) is 5.23. The summed E-state index contributed by atoms with van der Waals surface area (Å²) in [5, 5.41) is 10.1. The van der Waals surface area contributed by atoms with E-state index < -0.39 is 41.4 Å². The van der Waals surface area contributed by atoms with Crippen molar-refractivity contribution in [3.8, 4) is 11.8 Å². The summed E-state index contributed by atoms with van der Waals surface area (Å²) < 4.78 is 56.7. The average Bonchev–Trinajstić information content (AvgIpc) is 2.86. The Bertz CT molecular complexity index is 1310. The zero-order chi connectivity index (χ0) is 27.5. The molecule has 0 saturated heterocycles. The number of nitrogens with zero attached hydrogens (tertiary/aromatic N) is 2. The maximum atomic E-state index is 13.7. The number of alkyl halides is 3. The van der Waals surface area contributed by atoms with Crippen molar-refractivity contribution < 1.29 is 37.0 Å². The Morgan fingerprint density at radius 1 is 1.05 bits per heavy atom. The van der Waals surface area contributed by atoms with E-state index in [1.54, 1.807) is 44.2 Å². The Morgan fingerprint density at radius 3 is 2.19 bits per heavy atom. The smallest absolute Gasteiger partial charge is 0.416 e. The van der Waals surface area contributed by atoms with Crippen LogP contribution in [0.15, 0.2) is 71.2 Å². The summed E-state index contributed by atoms with van der Waals surface area (Å²) in [5.74, 6) is -3.71. The van der Waals surface area contributed by atoms with Crippen LogP contribution in [0, 0.1) is 11.3 Å². The van der Waals surface area contributed by atoms with Crippen molar-refractivity contribution in [3.63, 3.8) is 0 Å². The average molecular weight is 515 g/mol. The molecule has 1 aliphatic heterocycles. The van der Waals surface area contributed by atoms with Crippen molar-refractivity contribution in [2.75, 3.05) is 19.1 Å². The van der Waals surface area contributed by atoms with Gasteiger partial charge < -0.3 is 19.9 Å². The van der Waals surface area contributed by atoms with Gasteiger partial charge in [-0.15, -0.1) is 0 Å². The lowest BCUT2D eigenvalue weighted by Crippen LogP contribution is -2.41. The van der Waals surface area contributed by atoms with Gasteiger partial charge in [0.1, 0.15) is 17.3 Å². The summed E-state index contributed by atoms with van der Waals surface area (Å²) >= 11 is 0. The molecule has 1 unspecified atom stereocenters. The highest BCUT2D eigenvalue weighted by molar-refractivity contribution is 6.06. The van der Waals surface area contributed by atoms with Crippen molar-refractivity contribution in [1.29, 1.82) is 5.26 Å². The summed E-state index contributed by atoms with van der Waals surface area (Å²) in [6.07, 6.45) is -5.24. The van der Waals surface area contributed by atoms with E-state index in [4.69, 9.17) is 19.9 Å². The van der Waals surface area contributed by atoms with Crippen molar-refractivity contribution in [2.24, 2.45) is 5.73 Å². The molecule has 0 aromatic heterocycles. The minimum atomic E-state index is -4.76. The summed E-state index contributed by atoms with van der Waals surface area (Å²) in [6.45, 7) is 3.31. The molecule has 37 heavy (non-hydrogen) atoms. The molecule has 194 valence electrons. The van der Waals surface area contributed by atoms with Crippen LogP contribution >= 0.6 is 0 Å². The first-order valence-corrected chi connectivity index (χ1v) is 11.0. The molecule has 0 amide bonds. The van der Waals surface area contributed by atoms with Crippen LogP contribution in [0.3, 0.4) is 0 Å². The van der Waals surface area contributed by atoms with Gasteiger partial charge in [-0.25, -0.2) is 9.59 Å². The third-order valence-corrected chi connectivity index (χ3v) is 5.50. The number of hydrogen-bond donors (Lipinski definition) is 1. The quantitative estimate of drug-likeness (QED) is 0.564. The zero-order valence-electron chi connectivity index (χ0n) is 20.4. The minimum absolute atomic E-state index is 0.0768. The molecule has 0 bridgehead atoms. The largest absolute Gasteiger partial charge is 0.489 e. The highest BCUT2D eigenvalue weighted by Crippen LogP contribution is 2.46. The van der Waals surface area contributed by atoms with Gasteiger partial charge in [-0.2, -0.15) is 18.4 Å². The molecule has 2 N–H and O–H groups in total. The number of rotatable bonds is 6. The lowest BCUT2D eigenvalue weighted by Gasteiger charge is -2.36. The minimum Gasteiger partial charge on any atom is -0.489 e. The number of nitriles is 1. The van der Waals surface area contributed by atoms with Gasteiger partial charge in [0.2, 0.25) is 0 Å². The van der Waals surface area contributed by atoms with Gasteiger partial charge in [-0.3, -0.25) is 4.90 Å². The van der Waals surface area contributed by atoms with E-state index in [-0.39, 0.29) is 28.4 Å². The van der Waals surface area contributed by atoms with E-state index in [1.807, 2.05) is 6.07 Å². The van der Waals surface area contributed by atoms with Crippen molar-refractivity contribution in [2.45, 2.75) is 32.0 Å². The highest BCUT2D eigenvalue weighted by atomic mass is 19.4. The van der Waals surface area contributed by atoms with E-state index in [2.05, 4.69) is 0 Å². The first kappa shape index (κ1) is 27.1. The second-order valence-electron chi connectivity index (χ2n) is 8.18. The number of methoxy groups -OCH3 is 2. The Labute approximate surface area is 211 Å². The Kier molecular flexibility index (Phi) is 7.81. The molecule has 2 aromatic carbocycles. The SMILES string of the molecule is COC(=O)C1=C(C(=O)OC)N(c2cc(C(F)(F)F)ccc2OC(C)C)C(N)=C(C#N)C1c1ccccc1. The summed E-state index contributed by atoms with van der Waals surface area (Å²) in [5.41, 5.74) is 4.40. The molecule has 0 spiro atoms. The maximum Gasteiger partial charge on any atom is 0.416 e. The zero-order valence-corrected chi connectivity index (χ0v) is 20.4. The molecular weight excluding hydrogens is 491 g/mol. The fourth-order valence-corrected chi connectivity index (χ4v) is 3.99. The predicted octanol–water partition coefficient (Wildman–Crippen LogP) is 4.39.